The third-order valence-corrected chi connectivity index (χ3v) is 12.9. The molecule has 0 N–H and O–H groups in total. The molecule has 0 aliphatic heterocycles. The van der Waals surface area contributed by atoms with Gasteiger partial charge in [0, 0.05) is 68.8 Å². The van der Waals surface area contributed by atoms with Gasteiger partial charge in [0.05, 0.1) is 15.9 Å². The minimum atomic E-state index is 0.607. The van der Waals surface area contributed by atoms with Crippen molar-refractivity contribution in [3.05, 3.63) is 164 Å². The molecule has 0 atom stereocenters. The van der Waals surface area contributed by atoms with Crippen LogP contribution in [0.25, 0.3) is 119 Å². The van der Waals surface area contributed by atoms with E-state index in [2.05, 4.69) is 84.9 Å². The van der Waals surface area contributed by atoms with Gasteiger partial charge in [-0.15, -0.1) is 22.7 Å². The molecule has 0 unspecified atom stereocenters. The molecular formula is C49H27N5OS2. The molecule has 0 aliphatic carbocycles. The van der Waals surface area contributed by atoms with Crippen molar-refractivity contribution in [3.8, 4) is 56.8 Å². The number of para-hydroxylation sites is 1. The van der Waals surface area contributed by atoms with Crippen LogP contribution in [0.2, 0.25) is 0 Å². The number of aromatic nitrogens is 5. The van der Waals surface area contributed by atoms with Crippen LogP contribution in [0.4, 0.5) is 0 Å². The molecule has 0 saturated heterocycles. The Morgan fingerprint density at radius 2 is 1.02 bits per heavy atom. The normalized spacial score (nSPS) is 11.9. The van der Waals surface area contributed by atoms with E-state index in [-0.39, 0.29) is 0 Å². The molecule has 12 aromatic rings. The fraction of sp³-hybridized carbons (Fsp3) is 0. The largest absolute Gasteiger partial charge is 0.456 e. The summed E-state index contributed by atoms with van der Waals surface area (Å²) in [4.78, 5) is 25.8. The Kier molecular flexibility index (Phi) is 7.17. The maximum absolute atomic E-state index is 6.15. The summed E-state index contributed by atoms with van der Waals surface area (Å²) in [6.45, 7) is 0. The zero-order valence-electron chi connectivity index (χ0n) is 30.0. The second kappa shape index (κ2) is 12.7. The highest BCUT2D eigenvalue weighted by Gasteiger charge is 2.20. The number of hydrogen-bond donors (Lipinski definition) is 0. The maximum Gasteiger partial charge on any atom is 0.164 e. The highest BCUT2D eigenvalue weighted by Crippen LogP contribution is 2.44. The number of furan rings is 1. The van der Waals surface area contributed by atoms with Crippen LogP contribution in [0.1, 0.15) is 0 Å². The second-order valence-electron chi connectivity index (χ2n) is 14.0. The number of nitrogens with zero attached hydrogens (tertiary/aromatic N) is 5. The zero-order chi connectivity index (χ0) is 37.5. The summed E-state index contributed by atoms with van der Waals surface area (Å²) in [5.41, 5.74) is 8.45. The highest BCUT2D eigenvalue weighted by atomic mass is 32.1. The van der Waals surface area contributed by atoms with E-state index >= 15 is 0 Å². The Bertz CT molecular complexity index is 3540. The van der Waals surface area contributed by atoms with Gasteiger partial charge in [0.2, 0.25) is 0 Å². The van der Waals surface area contributed by atoms with Crippen LogP contribution in [-0.2, 0) is 0 Å². The van der Waals surface area contributed by atoms with Crippen LogP contribution >= 0.6 is 22.7 Å². The Labute approximate surface area is 333 Å². The van der Waals surface area contributed by atoms with Gasteiger partial charge in [0.15, 0.2) is 23.3 Å². The minimum absolute atomic E-state index is 0.607. The number of fused-ring (bicyclic) bond motifs is 9. The van der Waals surface area contributed by atoms with Crippen LogP contribution in [0.3, 0.4) is 0 Å². The Balaban J connectivity index is 1.04. The lowest BCUT2D eigenvalue weighted by molar-refractivity contribution is 0.669. The zero-order valence-corrected chi connectivity index (χ0v) is 31.7. The predicted octanol–water partition coefficient (Wildman–Crippen LogP) is 13.6. The van der Waals surface area contributed by atoms with Gasteiger partial charge in [-0.05, 0) is 42.5 Å². The van der Waals surface area contributed by atoms with Gasteiger partial charge >= 0.3 is 0 Å². The molecule has 0 spiro atoms. The van der Waals surface area contributed by atoms with Crippen molar-refractivity contribution < 1.29 is 4.42 Å². The van der Waals surface area contributed by atoms with Crippen molar-refractivity contribution in [3.63, 3.8) is 0 Å². The average molecular weight is 766 g/mol. The lowest BCUT2D eigenvalue weighted by atomic mass is 10.0. The van der Waals surface area contributed by atoms with Crippen LogP contribution in [0.15, 0.2) is 168 Å². The Morgan fingerprint density at radius 1 is 0.368 bits per heavy atom. The third kappa shape index (κ3) is 5.26. The van der Waals surface area contributed by atoms with E-state index < -0.39 is 0 Å². The molecule has 0 radical (unpaired) electrons. The van der Waals surface area contributed by atoms with Crippen LogP contribution in [-0.4, -0.2) is 24.9 Å². The Morgan fingerprint density at radius 3 is 1.84 bits per heavy atom. The Hall–Kier alpha value is -7.13. The van der Waals surface area contributed by atoms with Gasteiger partial charge in [0.25, 0.3) is 0 Å². The van der Waals surface area contributed by atoms with Crippen molar-refractivity contribution in [2.45, 2.75) is 0 Å². The van der Waals surface area contributed by atoms with Gasteiger partial charge < -0.3 is 4.42 Å². The summed E-state index contributed by atoms with van der Waals surface area (Å²) in [6.07, 6.45) is 0. The standard InChI is InChI=1S/C49H27N5OS2/c1-3-12-28(13-4-1)46-50-43(45-44(51-46)34-17-8-10-20-39(34)57-45)30-22-24-33-41(27-30)56-40-21-11-18-35(42(33)40)49-53-47(29-14-5-2-6-15-29)52-48(54-49)31-23-25-38-36(26-31)32-16-7-9-19-37(32)55-38/h1-27H. The molecular weight excluding hydrogens is 739 g/mol. The fourth-order valence-corrected chi connectivity index (χ4v) is 10.2. The van der Waals surface area contributed by atoms with Gasteiger partial charge in [-0.2, -0.15) is 0 Å². The second-order valence-corrected chi connectivity index (χ2v) is 16.1. The summed E-state index contributed by atoms with van der Waals surface area (Å²) in [7, 11) is 0. The quantitative estimate of drug-likeness (QED) is 0.174. The molecule has 0 bridgehead atoms. The van der Waals surface area contributed by atoms with Gasteiger partial charge in [-0.3, -0.25) is 0 Å². The van der Waals surface area contributed by atoms with E-state index in [0.717, 1.165) is 92.3 Å². The number of benzene rings is 7. The monoisotopic (exact) mass is 765 g/mol. The summed E-state index contributed by atoms with van der Waals surface area (Å²) in [6, 6.07) is 56.2. The van der Waals surface area contributed by atoms with Crippen molar-refractivity contribution in [2.75, 3.05) is 0 Å². The number of rotatable bonds is 5. The van der Waals surface area contributed by atoms with Crippen LogP contribution in [0, 0.1) is 0 Å². The highest BCUT2D eigenvalue weighted by molar-refractivity contribution is 7.26. The van der Waals surface area contributed by atoms with E-state index in [4.69, 9.17) is 29.3 Å². The van der Waals surface area contributed by atoms with Gasteiger partial charge in [-0.1, -0.05) is 121 Å². The number of thiophene rings is 2. The smallest absolute Gasteiger partial charge is 0.164 e. The van der Waals surface area contributed by atoms with Crippen molar-refractivity contribution >= 4 is 85.1 Å². The third-order valence-electron chi connectivity index (χ3n) is 10.6. The lowest BCUT2D eigenvalue weighted by Crippen LogP contribution is -2.00. The van der Waals surface area contributed by atoms with E-state index in [1.165, 1.54) is 9.40 Å². The fourth-order valence-electron chi connectivity index (χ4n) is 7.87. The maximum atomic E-state index is 6.15. The van der Waals surface area contributed by atoms with Crippen molar-refractivity contribution in [1.82, 2.24) is 24.9 Å². The summed E-state index contributed by atoms with van der Waals surface area (Å²) in [5.74, 6) is 2.58. The first kappa shape index (κ1) is 32.1. The first-order valence-electron chi connectivity index (χ1n) is 18.7. The van der Waals surface area contributed by atoms with E-state index in [1.807, 2.05) is 78.9 Å². The average Bonchev–Trinajstić information content (AvgIpc) is 3.97. The van der Waals surface area contributed by atoms with Crippen molar-refractivity contribution in [1.29, 1.82) is 0 Å². The SMILES string of the molecule is c1ccc(-c2nc(-c3ccc4oc5ccccc5c4c3)nc(-c3cccc4sc5cc(-c6nc(-c7ccccc7)nc7c6sc6ccccc67)ccc5c34)n2)cc1. The molecule has 8 heteroatoms. The molecule has 0 saturated carbocycles. The molecule has 0 aliphatic rings. The summed E-state index contributed by atoms with van der Waals surface area (Å²) in [5, 5.41) is 5.51. The van der Waals surface area contributed by atoms with Crippen LogP contribution in [0.5, 0.6) is 0 Å². The summed E-state index contributed by atoms with van der Waals surface area (Å²) >= 11 is 3.52. The molecule has 6 nitrogen and oxygen atoms in total. The molecule has 12 rings (SSSR count). The molecule has 0 amide bonds. The molecule has 5 aromatic heterocycles. The summed E-state index contributed by atoms with van der Waals surface area (Å²) < 4.78 is 10.8. The van der Waals surface area contributed by atoms with E-state index in [0.29, 0.717) is 17.5 Å². The van der Waals surface area contributed by atoms with Crippen molar-refractivity contribution in [2.24, 2.45) is 0 Å². The van der Waals surface area contributed by atoms with Crippen LogP contribution < -0.4 is 0 Å². The van der Waals surface area contributed by atoms with Gasteiger partial charge in [0.1, 0.15) is 11.2 Å². The molecule has 5 heterocycles. The predicted molar refractivity (Wildman–Crippen MR) is 236 cm³/mol. The molecule has 57 heavy (non-hydrogen) atoms. The molecule has 266 valence electrons. The first-order valence-corrected chi connectivity index (χ1v) is 20.3. The van der Waals surface area contributed by atoms with E-state index in [1.54, 1.807) is 22.7 Å². The molecule has 7 aromatic carbocycles. The first-order chi connectivity index (χ1) is 28.2. The molecule has 0 fully saturated rings. The van der Waals surface area contributed by atoms with E-state index in [9.17, 15) is 0 Å². The topological polar surface area (TPSA) is 77.6 Å². The number of hydrogen-bond acceptors (Lipinski definition) is 8. The lowest BCUT2D eigenvalue weighted by Gasteiger charge is -2.10. The minimum Gasteiger partial charge on any atom is -0.456 e. The van der Waals surface area contributed by atoms with Gasteiger partial charge in [-0.25, -0.2) is 24.9 Å².